The van der Waals surface area contributed by atoms with Gasteiger partial charge in [-0.1, -0.05) is 20.8 Å². The SMILES string of the molecule is Cc1c(C(=O)NC(CO)CC(C)(C)C)cnn1-c1ccncc1. The van der Waals surface area contributed by atoms with Crippen molar-refractivity contribution in [1.29, 1.82) is 0 Å². The minimum absolute atomic E-state index is 0.0247. The molecule has 1 atom stereocenters. The van der Waals surface area contributed by atoms with Gasteiger partial charge in [-0.05, 0) is 30.9 Å². The van der Waals surface area contributed by atoms with Gasteiger partial charge in [-0.3, -0.25) is 9.78 Å². The van der Waals surface area contributed by atoms with E-state index in [0.29, 0.717) is 12.0 Å². The molecule has 2 heterocycles. The molecule has 0 spiro atoms. The molecule has 124 valence electrons. The molecule has 1 unspecified atom stereocenters. The van der Waals surface area contributed by atoms with Gasteiger partial charge in [0.05, 0.1) is 35.8 Å². The normalized spacial score (nSPS) is 12.9. The largest absolute Gasteiger partial charge is 0.394 e. The summed E-state index contributed by atoms with van der Waals surface area (Å²) in [6.45, 7) is 8.00. The van der Waals surface area contributed by atoms with Crippen LogP contribution >= 0.6 is 0 Å². The lowest BCUT2D eigenvalue weighted by molar-refractivity contribution is 0.0897. The summed E-state index contributed by atoms with van der Waals surface area (Å²) in [4.78, 5) is 16.5. The minimum atomic E-state index is -0.272. The predicted molar refractivity (Wildman–Crippen MR) is 88.5 cm³/mol. The smallest absolute Gasteiger partial charge is 0.255 e. The van der Waals surface area contributed by atoms with E-state index < -0.39 is 0 Å². The molecular weight excluding hydrogens is 292 g/mol. The number of amides is 1. The molecule has 23 heavy (non-hydrogen) atoms. The van der Waals surface area contributed by atoms with Crippen LogP contribution in [-0.2, 0) is 0 Å². The monoisotopic (exact) mass is 316 g/mol. The van der Waals surface area contributed by atoms with Crippen LogP contribution in [0.2, 0.25) is 0 Å². The molecule has 2 rings (SSSR count). The maximum absolute atomic E-state index is 12.5. The lowest BCUT2D eigenvalue weighted by atomic mass is 9.88. The van der Waals surface area contributed by atoms with E-state index in [9.17, 15) is 9.90 Å². The summed E-state index contributed by atoms with van der Waals surface area (Å²) in [6, 6.07) is 3.39. The third-order valence-electron chi connectivity index (χ3n) is 3.58. The van der Waals surface area contributed by atoms with E-state index in [0.717, 1.165) is 11.4 Å². The Kier molecular flexibility index (Phi) is 5.15. The van der Waals surface area contributed by atoms with Gasteiger partial charge in [0.25, 0.3) is 5.91 Å². The summed E-state index contributed by atoms with van der Waals surface area (Å²) in [6.07, 6.45) is 5.62. The Morgan fingerprint density at radius 1 is 1.35 bits per heavy atom. The molecule has 2 aromatic heterocycles. The molecule has 0 saturated heterocycles. The van der Waals surface area contributed by atoms with Crippen molar-refractivity contribution in [3.8, 4) is 5.69 Å². The van der Waals surface area contributed by atoms with Crippen LogP contribution in [0.15, 0.2) is 30.7 Å². The first-order chi connectivity index (χ1) is 10.8. The molecule has 0 bridgehead atoms. The van der Waals surface area contributed by atoms with Gasteiger partial charge in [-0.25, -0.2) is 4.68 Å². The molecule has 0 aromatic carbocycles. The zero-order chi connectivity index (χ0) is 17.0. The second kappa shape index (κ2) is 6.91. The van der Waals surface area contributed by atoms with Gasteiger partial charge in [0.1, 0.15) is 0 Å². The van der Waals surface area contributed by atoms with E-state index in [1.54, 1.807) is 23.3 Å². The van der Waals surface area contributed by atoms with Crippen LogP contribution in [0, 0.1) is 12.3 Å². The van der Waals surface area contributed by atoms with Crippen LogP contribution in [0.4, 0.5) is 0 Å². The molecule has 6 heteroatoms. The fraction of sp³-hybridized carbons (Fsp3) is 0.471. The van der Waals surface area contributed by atoms with Crippen LogP contribution in [0.5, 0.6) is 0 Å². The van der Waals surface area contributed by atoms with E-state index >= 15 is 0 Å². The Balaban J connectivity index is 2.16. The first-order valence-electron chi connectivity index (χ1n) is 7.68. The zero-order valence-corrected chi connectivity index (χ0v) is 14.1. The fourth-order valence-electron chi connectivity index (χ4n) is 2.54. The van der Waals surface area contributed by atoms with Crippen LogP contribution in [-0.4, -0.2) is 38.4 Å². The number of nitrogens with zero attached hydrogens (tertiary/aromatic N) is 3. The highest BCUT2D eigenvalue weighted by Gasteiger charge is 2.22. The first-order valence-corrected chi connectivity index (χ1v) is 7.68. The second-order valence-electron chi connectivity index (χ2n) is 6.88. The maximum atomic E-state index is 12.5. The molecule has 0 fully saturated rings. The molecule has 0 aliphatic rings. The third kappa shape index (κ3) is 4.39. The van der Waals surface area contributed by atoms with Gasteiger partial charge in [-0.2, -0.15) is 5.10 Å². The van der Waals surface area contributed by atoms with Gasteiger partial charge < -0.3 is 10.4 Å². The van der Waals surface area contributed by atoms with E-state index in [2.05, 4.69) is 36.2 Å². The molecule has 1 amide bonds. The van der Waals surface area contributed by atoms with Crippen LogP contribution < -0.4 is 5.32 Å². The highest BCUT2D eigenvalue weighted by molar-refractivity contribution is 5.95. The quantitative estimate of drug-likeness (QED) is 0.885. The van der Waals surface area contributed by atoms with E-state index in [-0.39, 0.29) is 24.0 Å². The van der Waals surface area contributed by atoms with Crippen molar-refractivity contribution < 1.29 is 9.90 Å². The Labute approximate surface area is 136 Å². The van der Waals surface area contributed by atoms with Crippen LogP contribution in [0.25, 0.3) is 5.69 Å². The number of carbonyl (C=O) groups is 1. The first kappa shape index (κ1) is 17.1. The third-order valence-corrected chi connectivity index (χ3v) is 3.58. The van der Waals surface area contributed by atoms with Crippen molar-refractivity contribution in [3.63, 3.8) is 0 Å². The number of rotatable bonds is 5. The molecular formula is C17H24N4O2. The Bertz CT molecular complexity index is 659. The standard InChI is InChI=1S/C17H24N4O2/c1-12-15(10-19-21(12)14-5-7-18-8-6-14)16(23)20-13(11-22)9-17(2,3)4/h5-8,10,13,22H,9,11H2,1-4H3,(H,20,23). The van der Waals surface area contributed by atoms with Crippen LogP contribution in [0.1, 0.15) is 43.2 Å². The van der Waals surface area contributed by atoms with Gasteiger partial charge in [0.2, 0.25) is 0 Å². The highest BCUT2D eigenvalue weighted by Crippen LogP contribution is 2.21. The number of aliphatic hydroxyl groups is 1. The summed E-state index contributed by atoms with van der Waals surface area (Å²) < 4.78 is 1.70. The molecule has 2 aromatic rings. The number of aromatic nitrogens is 3. The number of hydrogen-bond acceptors (Lipinski definition) is 4. The fourth-order valence-corrected chi connectivity index (χ4v) is 2.54. The summed E-state index contributed by atoms with van der Waals surface area (Å²) in [5.41, 5.74) is 2.14. The maximum Gasteiger partial charge on any atom is 0.255 e. The average Bonchev–Trinajstić information content (AvgIpc) is 2.87. The number of hydrogen-bond donors (Lipinski definition) is 2. The van der Waals surface area contributed by atoms with Crippen molar-refractivity contribution in [2.75, 3.05) is 6.61 Å². The van der Waals surface area contributed by atoms with Crippen molar-refractivity contribution >= 4 is 5.91 Å². The lowest BCUT2D eigenvalue weighted by Crippen LogP contribution is -2.40. The summed E-state index contributed by atoms with van der Waals surface area (Å²) in [7, 11) is 0. The summed E-state index contributed by atoms with van der Waals surface area (Å²) >= 11 is 0. The summed E-state index contributed by atoms with van der Waals surface area (Å²) in [5, 5.41) is 16.7. The molecule has 6 nitrogen and oxygen atoms in total. The molecule has 0 aliphatic carbocycles. The van der Waals surface area contributed by atoms with Crippen LogP contribution in [0.3, 0.4) is 0 Å². The highest BCUT2D eigenvalue weighted by atomic mass is 16.3. The topological polar surface area (TPSA) is 80.0 Å². The Morgan fingerprint density at radius 2 is 2.00 bits per heavy atom. The lowest BCUT2D eigenvalue weighted by Gasteiger charge is -2.25. The van der Waals surface area contributed by atoms with Gasteiger partial charge in [-0.15, -0.1) is 0 Å². The van der Waals surface area contributed by atoms with Crippen molar-refractivity contribution in [2.24, 2.45) is 5.41 Å². The average molecular weight is 316 g/mol. The van der Waals surface area contributed by atoms with Gasteiger partial charge in [0, 0.05) is 12.4 Å². The Hall–Kier alpha value is -2.21. The van der Waals surface area contributed by atoms with Gasteiger partial charge >= 0.3 is 0 Å². The number of nitrogens with one attached hydrogen (secondary N) is 1. The van der Waals surface area contributed by atoms with E-state index in [1.807, 2.05) is 19.1 Å². The summed E-state index contributed by atoms with van der Waals surface area (Å²) in [5.74, 6) is -0.217. The molecule has 2 N–H and O–H groups in total. The number of pyridine rings is 1. The predicted octanol–water partition coefficient (Wildman–Crippen LogP) is 2.10. The van der Waals surface area contributed by atoms with Crippen molar-refractivity contribution in [2.45, 2.75) is 40.2 Å². The number of aliphatic hydroxyl groups excluding tert-OH is 1. The number of carbonyl (C=O) groups excluding carboxylic acids is 1. The molecule has 0 aliphatic heterocycles. The van der Waals surface area contributed by atoms with Gasteiger partial charge in [0.15, 0.2) is 0 Å². The molecule has 0 radical (unpaired) electrons. The van der Waals surface area contributed by atoms with Crippen molar-refractivity contribution in [3.05, 3.63) is 42.0 Å². The van der Waals surface area contributed by atoms with Crippen molar-refractivity contribution in [1.82, 2.24) is 20.1 Å². The van der Waals surface area contributed by atoms with E-state index in [4.69, 9.17) is 0 Å². The second-order valence-corrected chi connectivity index (χ2v) is 6.88. The zero-order valence-electron chi connectivity index (χ0n) is 14.1. The minimum Gasteiger partial charge on any atom is -0.394 e. The molecule has 0 saturated carbocycles. The van der Waals surface area contributed by atoms with E-state index in [1.165, 1.54) is 0 Å². The Morgan fingerprint density at radius 3 is 2.57 bits per heavy atom.